The van der Waals surface area contributed by atoms with Gasteiger partial charge in [-0.1, -0.05) is 205 Å². The van der Waals surface area contributed by atoms with Crippen molar-refractivity contribution in [1.29, 1.82) is 0 Å². The standard InChI is InChI=1S/C68H72N4O/c1-64(2,3)51-35-47(46-25-17-14-18-26-46)36-54(38-51)71-45-70(44-61(71)68(12,13)49-29-21-16-22-30-49)53-37-52(65(4,5)6)39-55(41-53)73-56-42-58(66(7,8)9)63-57-31-23-24-32-59(57)72(60(63)43-56)62-40-50(33-34-69-62)67(10,11)48-27-19-15-20-28-48/h14-44H,45H2,1-13H3. The summed E-state index contributed by atoms with van der Waals surface area (Å²) in [7, 11) is 0. The number of pyridine rings is 1. The molecule has 0 aliphatic carbocycles. The zero-order valence-corrected chi connectivity index (χ0v) is 45.3. The fraction of sp³-hybridized carbons (Fsp3) is 0.279. The minimum Gasteiger partial charge on any atom is -0.457 e. The van der Waals surface area contributed by atoms with Crippen molar-refractivity contribution < 1.29 is 4.74 Å². The van der Waals surface area contributed by atoms with Crippen LogP contribution < -0.4 is 14.5 Å². The molecule has 10 rings (SSSR count). The van der Waals surface area contributed by atoms with Gasteiger partial charge in [-0.2, -0.15) is 0 Å². The second kappa shape index (κ2) is 18.3. The lowest BCUT2D eigenvalue weighted by Crippen LogP contribution is -2.34. The van der Waals surface area contributed by atoms with Crippen LogP contribution in [-0.4, -0.2) is 16.2 Å². The van der Waals surface area contributed by atoms with E-state index in [1.807, 2.05) is 6.20 Å². The van der Waals surface area contributed by atoms with Crippen molar-refractivity contribution in [3.8, 4) is 28.4 Å². The van der Waals surface area contributed by atoms with Gasteiger partial charge in [0.25, 0.3) is 0 Å². The summed E-state index contributed by atoms with van der Waals surface area (Å²) in [6, 6.07) is 64.2. The van der Waals surface area contributed by atoms with E-state index in [4.69, 9.17) is 9.72 Å². The molecule has 73 heavy (non-hydrogen) atoms. The lowest BCUT2D eigenvalue weighted by Gasteiger charge is -2.35. The molecule has 1 aliphatic heterocycles. The highest BCUT2D eigenvalue weighted by molar-refractivity contribution is 6.11. The first-order chi connectivity index (χ1) is 34.6. The van der Waals surface area contributed by atoms with Gasteiger partial charge < -0.3 is 14.5 Å². The van der Waals surface area contributed by atoms with Gasteiger partial charge in [-0.15, -0.1) is 0 Å². The molecular weight excluding hydrogens is 889 g/mol. The second-order valence-electron chi connectivity index (χ2n) is 24.4. The largest absolute Gasteiger partial charge is 0.457 e. The number of nitrogens with zero attached hydrogens (tertiary/aromatic N) is 4. The fourth-order valence-corrected chi connectivity index (χ4v) is 10.7. The predicted octanol–water partition coefficient (Wildman–Crippen LogP) is 18.0. The second-order valence-corrected chi connectivity index (χ2v) is 24.4. The molecule has 0 unspecified atom stereocenters. The maximum absolute atomic E-state index is 7.28. The first-order valence-electron chi connectivity index (χ1n) is 26.0. The van der Waals surface area contributed by atoms with Crippen LogP contribution in [-0.2, 0) is 27.1 Å². The van der Waals surface area contributed by atoms with Crippen LogP contribution >= 0.6 is 0 Å². The van der Waals surface area contributed by atoms with E-state index in [1.54, 1.807) is 0 Å². The van der Waals surface area contributed by atoms with Crippen LogP contribution in [0.2, 0.25) is 0 Å². The van der Waals surface area contributed by atoms with E-state index < -0.39 is 0 Å². The van der Waals surface area contributed by atoms with E-state index in [1.165, 1.54) is 66.7 Å². The molecule has 0 bridgehead atoms. The summed E-state index contributed by atoms with van der Waals surface area (Å²) in [5.41, 5.74) is 14.6. The van der Waals surface area contributed by atoms with Crippen LogP contribution in [0.5, 0.6) is 11.5 Å². The maximum atomic E-state index is 7.28. The van der Waals surface area contributed by atoms with Gasteiger partial charge in [0.15, 0.2) is 0 Å². The molecule has 7 aromatic carbocycles. The van der Waals surface area contributed by atoms with Gasteiger partial charge in [0.1, 0.15) is 17.3 Å². The molecule has 5 nitrogen and oxygen atoms in total. The van der Waals surface area contributed by atoms with Crippen LogP contribution in [0.3, 0.4) is 0 Å². The number of rotatable bonds is 10. The summed E-state index contributed by atoms with van der Waals surface area (Å²) >= 11 is 0. The van der Waals surface area contributed by atoms with Crippen LogP contribution in [0.25, 0.3) is 38.8 Å². The highest BCUT2D eigenvalue weighted by Crippen LogP contribution is 2.46. The van der Waals surface area contributed by atoms with Crippen molar-refractivity contribution >= 4 is 33.2 Å². The normalized spacial score (nSPS) is 13.8. The molecule has 1 aliphatic rings. The van der Waals surface area contributed by atoms with Crippen LogP contribution in [0.4, 0.5) is 11.4 Å². The van der Waals surface area contributed by atoms with E-state index in [9.17, 15) is 0 Å². The van der Waals surface area contributed by atoms with E-state index in [0.29, 0.717) is 6.67 Å². The highest BCUT2D eigenvalue weighted by Gasteiger charge is 2.37. The van der Waals surface area contributed by atoms with Crippen molar-refractivity contribution in [2.75, 3.05) is 16.5 Å². The number of aromatic nitrogens is 2. The van der Waals surface area contributed by atoms with E-state index in [-0.39, 0.29) is 27.1 Å². The smallest absolute Gasteiger partial charge is 0.137 e. The number of para-hydroxylation sites is 1. The Hall–Kier alpha value is -7.37. The molecule has 9 aromatic rings. The summed E-state index contributed by atoms with van der Waals surface area (Å²) in [4.78, 5) is 10.1. The average molecular weight is 961 g/mol. The molecule has 0 saturated carbocycles. The number of ether oxygens (including phenoxy) is 1. The number of allylic oxidation sites excluding steroid dienone is 1. The highest BCUT2D eigenvalue weighted by atomic mass is 16.5. The van der Waals surface area contributed by atoms with Gasteiger partial charge in [-0.05, 0) is 109 Å². The minimum atomic E-state index is -0.329. The van der Waals surface area contributed by atoms with Crippen molar-refractivity contribution in [3.63, 3.8) is 0 Å². The Kier molecular flexibility index (Phi) is 12.3. The third kappa shape index (κ3) is 9.47. The first-order valence-corrected chi connectivity index (χ1v) is 26.0. The summed E-state index contributed by atoms with van der Waals surface area (Å²) < 4.78 is 9.62. The molecular formula is C68H72N4O. The fourth-order valence-electron chi connectivity index (χ4n) is 10.7. The number of fused-ring (bicyclic) bond motifs is 3. The maximum Gasteiger partial charge on any atom is 0.137 e. The van der Waals surface area contributed by atoms with Crippen LogP contribution in [0.1, 0.15) is 123 Å². The lowest BCUT2D eigenvalue weighted by atomic mass is 9.78. The number of anilines is 2. The Labute approximate surface area is 434 Å². The third-order valence-electron chi connectivity index (χ3n) is 15.3. The summed E-state index contributed by atoms with van der Waals surface area (Å²) in [6.45, 7) is 30.6. The predicted molar refractivity (Wildman–Crippen MR) is 309 cm³/mol. The molecule has 3 heterocycles. The average Bonchev–Trinajstić information content (AvgIpc) is 3.97. The molecule has 0 N–H and O–H groups in total. The van der Waals surface area contributed by atoms with Crippen molar-refractivity contribution in [2.45, 2.75) is 117 Å². The first kappa shape index (κ1) is 49.2. The molecule has 370 valence electrons. The SMILES string of the molecule is CC(C)(C)c1cc(Oc2cc(C(C)(C)C)c3c4ccccc4n(-c4cc(C(C)(C)c5ccccc5)ccn4)c3c2)cc(N2C=C(C(C)(C)c3ccccc3)N(c3cc(-c4ccccc4)cc(C(C)(C)C)c3)C2)c1. The van der Waals surface area contributed by atoms with Crippen molar-refractivity contribution in [2.24, 2.45) is 0 Å². The molecule has 0 spiro atoms. The topological polar surface area (TPSA) is 33.5 Å². The van der Waals surface area contributed by atoms with Crippen molar-refractivity contribution in [1.82, 2.24) is 9.55 Å². The summed E-state index contributed by atoms with van der Waals surface area (Å²) in [6.07, 6.45) is 4.34. The Morgan fingerprint density at radius 3 is 1.66 bits per heavy atom. The zero-order chi connectivity index (χ0) is 51.7. The van der Waals surface area contributed by atoms with E-state index in [0.717, 1.165) is 34.0 Å². The lowest BCUT2D eigenvalue weighted by molar-refractivity contribution is 0.476. The van der Waals surface area contributed by atoms with Crippen LogP contribution in [0, 0.1) is 0 Å². The number of hydrogen-bond donors (Lipinski definition) is 0. The Morgan fingerprint density at radius 1 is 0.438 bits per heavy atom. The summed E-state index contributed by atoms with van der Waals surface area (Å²) in [5, 5.41) is 2.42. The monoisotopic (exact) mass is 961 g/mol. The van der Waals surface area contributed by atoms with Gasteiger partial charge in [0.05, 0.1) is 17.7 Å². The minimum absolute atomic E-state index is 0.0604. The Balaban J connectivity index is 1.12. The Morgan fingerprint density at radius 2 is 1.01 bits per heavy atom. The summed E-state index contributed by atoms with van der Waals surface area (Å²) in [5.74, 6) is 2.47. The van der Waals surface area contributed by atoms with Gasteiger partial charge in [0, 0.05) is 63.2 Å². The third-order valence-corrected chi connectivity index (χ3v) is 15.3. The van der Waals surface area contributed by atoms with Gasteiger partial charge in [-0.25, -0.2) is 4.98 Å². The van der Waals surface area contributed by atoms with Crippen molar-refractivity contribution in [3.05, 3.63) is 227 Å². The van der Waals surface area contributed by atoms with Gasteiger partial charge in [0.2, 0.25) is 0 Å². The molecule has 0 amide bonds. The molecule has 0 atom stereocenters. The van der Waals surface area contributed by atoms with E-state index >= 15 is 0 Å². The number of hydrogen-bond acceptors (Lipinski definition) is 4. The van der Waals surface area contributed by atoms with Gasteiger partial charge in [-0.3, -0.25) is 4.57 Å². The molecule has 0 radical (unpaired) electrons. The number of benzene rings is 7. The van der Waals surface area contributed by atoms with Gasteiger partial charge >= 0.3 is 0 Å². The quantitative estimate of drug-likeness (QED) is 0.137. The molecule has 5 heteroatoms. The Bertz CT molecular complexity index is 3510. The molecule has 0 saturated heterocycles. The molecule has 2 aromatic heterocycles. The molecule has 0 fully saturated rings. The zero-order valence-electron chi connectivity index (χ0n) is 45.3. The van der Waals surface area contributed by atoms with Crippen LogP contribution in [0.15, 0.2) is 194 Å². The van der Waals surface area contributed by atoms with E-state index in [2.05, 4.69) is 287 Å².